The van der Waals surface area contributed by atoms with Gasteiger partial charge < -0.3 is 4.74 Å². The number of hydrogen-bond acceptors (Lipinski definition) is 1. The van der Waals surface area contributed by atoms with Crippen molar-refractivity contribution in [3.63, 3.8) is 0 Å². The predicted octanol–water partition coefficient (Wildman–Crippen LogP) is 3.56. The number of methoxy groups -OCH3 is 1. The first-order valence-corrected chi connectivity index (χ1v) is 4.43. The second kappa shape index (κ2) is 3.62. The second-order valence-electron chi connectivity index (χ2n) is 2.31. The molecule has 0 fully saturated rings. The van der Waals surface area contributed by atoms with Gasteiger partial charge in [0.05, 0.1) is 11.6 Å². The Balaban J connectivity index is 3.40. The highest BCUT2D eigenvalue weighted by atomic mass is 79.9. The highest BCUT2D eigenvalue weighted by molar-refractivity contribution is 9.10. The number of benzene rings is 1. The standard InChI is InChI=1S/C8H7BrClFO/c1-4-5(10)3-6(11)8(12-2)7(4)9/h3H,1-2H3. The van der Waals surface area contributed by atoms with Crippen LogP contribution >= 0.6 is 27.5 Å². The van der Waals surface area contributed by atoms with Crippen LogP contribution in [0.2, 0.25) is 5.02 Å². The van der Waals surface area contributed by atoms with Crippen molar-refractivity contribution >= 4 is 27.5 Å². The van der Waals surface area contributed by atoms with Crippen LogP contribution in [0.25, 0.3) is 0 Å². The van der Waals surface area contributed by atoms with E-state index in [1.807, 2.05) is 0 Å². The first kappa shape index (κ1) is 9.81. The lowest BCUT2D eigenvalue weighted by Gasteiger charge is -2.08. The first-order valence-electron chi connectivity index (χ1n) is 3.26. The van der Waals surface area contributed by atoms with E-state index >= 15 is 0 Å². The van der Waals surface area contributed by atoms with Gasteiger partial charge in [-0.15, -0.1) is 0 Å². The summed E-state index contributed by atoms with van der Waals surface area (Å²) in [6.07, 6.45) is 0. The lowest BCUT2D eigenvalue weighted by molar-refractivity contribution is 0.383. The summed E-state index contributed by atoms with van der Waals surface area (Å²) in [5.74, 6) is -0.267. The van der Waals surface area contributed by atoms with Gasteiger partial charge in [-0.2, -0.15) is 0 Å². The Labute approximate surface area is 83.6 Å². The van der Waals surface area contributed by atoms with Crippen LogP contribution in [0.4, 0.5) is 4.39 Å². The lowest BCUT2D eigenvalue weighted by atomic mass is 10.2. The Bertz CT molecular complexity index is 314. The van der Waals surface area contributed by atoms with Gasteiger partial charge in [0, 0.05) is 5.02 Å². The van der Waals surface area contributed by atoms with Crippen LogP contribution in [0.3, 0.4) is 0 Å². The highest BCUT2D eigenvalue weighted by Gasteiger charge is 2.12. The fourth-order valence-corrected chi connectivity index (χ4v) is 1.72. The van der Waals surface area contributed by atoms with Crippen LogP contribution in [0.15, 0.2) is 10.5 Å². The third-order valence-corrected chi connectivity index (χ3v) is 2.91. The highest BCUT2D eigenvalue weighted by Crippen LogP contribution is 2.35. The van der Waals surface area contributed by atoms with Crippen molar-refractivity contribution in [1.82, 2.24) is 0 Å². The summed E-state index contributed by atoms with van der Waals surface area (Å²) in [5.41, 5.74) is 0.773. The minimum atomic E-state index is -0.458. The molecule has 0 aromatic heterocycles. The van der Waals surface area contributed by atoms with E-state index in [4.69, 9.17) is 16.3 Å². The van der Waals surface area contributed by atoms with Gasteiger partial charge in [-0.05, 0) is 34.5 Å². The number of rotatable bonds is 1. The maximum Gasteiger partial charge on any atom is 0.169 e. The van der Waals surface area contributed by atoms with Crippen LogP contribution in [0, 0.1) is 12.7 Å². The van der Waals surface area contributed by atoms with Gasteiger partial charge in [-0.25, -0.2) is 4.39 Å². The van der Waals surface area contributed by atoms with Crippen LogP contribution < -0.4 is 4.74 Å². The van der Waals surface area contributed by atoms with Crippen molar-refractivity contribution < 1.29 is 9.13 Å². The van der Waals surface area contributed by atoms with E-state index in [0.29, 0.717) is 9.50 Å². The van der Waals surface area contributed by atoms with Gasteiger partial charge in [-0.3, -0.25) is 0 Å². The fourth-order valence-electron chi connectivity index (χ4n) is 0.852. The average Bonchev–Trinajstić information content (AvgIpc) is 2.01. The zero-order valence-corrected chi connectivity index (χ0v) is 8.96. The fraction of sp³-hybridized carbons (Fsp3) is 0.250. The maximum atomic E-state index is 13.1. The molecular weight excluding hydrogens is 246 g/mol. The van der Waals surface area contributed by atoms with Gasteiger partial charge in [0.25, 0.3) is 0 Å². The maximum absolute atomic E-state index is 13.1. The van der Waals surface area contributed by atoms with E-state index < -0.39 is 5.82 Å². The zero-order valence-electron chi connectivity index (χ0n) is 6.62. The molecule has 0 bridgehead atoms. The molecule has 0 aliphatic carbocycles. The van der Waals surface area contributed by atoms with Gasteiger partial charge in [-0.1, -0.05) is 11.6 Å². The van der Waals surface area contributed by atoms with E-state index in [9.17, 15) is 4.39 Å². The molecule has 0 saturated heterocycles. The summed E-state index contributed by atoms with van der Waals surface area (Å²) in [7, 11) is 1.41. The molecule has 0 N–H and O–H groups in total. The topological polar surface area (TPSA) is 9.23 Å². The first-order chi connectivity index (χ1) is 5.57. The second-order valence-corrected chi connectivity index (χ2v) is 3.51. The summed E-state index contributed by atoms with van der Waals surface area (Å²) < 4.78 is 18.4. The van der Waals surface area contributed by atoms with Gasteiger partial charge in [0.2, 0.25) is 0 Å². The molecule has 0 unspecified atom stereocenters. The molecule has 0 amide bonds. The molecule has 0 heterocycles. The van der Waals surface area contributed by atoms with Crippen molar-refractivity contribution in [3.05, 3.63) is 26.9 Å². The summed E-state index contributed by atoms with van der Waals surface area (Å²) in [5, 5.41) is 0.389. The SMILES string of the molecule is COc1c(F)cc(Cl)c(C)c1Br. The molecule has 0 atom stereocenters. The molecular formula is C8H7BrClFO. The van der Waals surface area contributed by atoms with E-state index in [0.717, 1.165) is 5.56 Å². The Morgan fingerprint density at radius 3 is 2.67 bits per heavy atom. The summed E-state index contributed by atoms with van der Waals surface area (Å²) in [4.78, 5) is 0. The summed E-state index contributed by atoms with van der Waals surface area (Å²) in [6, 6.07) is 1.24. The molecule has 0 spiro atoms. The largest absolute Gasteiger partial charge is 0.492 e. The molecule has 1 aromatic rings. The molecule has 1 aromatic carbocycles. The quantitative estimate of drug-likeness (QED) is 0.743. The molecule has 0 saturated carbocycles. The molecule has 1 rings (SSSR count). The number of hydrogen-bond donors (Lipinski definition) is 0. The van der Waals surface area contributed by atoms with E-state index in [1.165, 1.54) is 13.2 Å². The Kier molecular flexibility index (Phi) is 2.96. The summed E-state index contributed by atoms with van der Waals surface area (Å²) >= 11 is 8.92. The Morgan fingerprint density at radius 1 is 1.58 bits per heavy atom. The van der Waals surface area contributed by atoms with E-state index in [1.54, 1.807) is 6.92 Å². The average molecular weight is 253 g/mol. The van der Waals surface area contributed by atoms with Gasteiger partial charge in [0.1, 0.15) is 0 Å². The number of halogens is 3. The van der Waals surface area contributed by atoms with E-state index in [2.05, 4.69) is 15.9 Å². The van der Waals surface area contributed by atoms with Gasteiger partial charge in [0.15, 0.2) is 11.6 Å². The van der Waals surface area contributed by atoms with Crippen LogP contribution in [-0.4, -0.2) is 7.11 Å². The molecule has 66 valence electrons. The van der Waals surface area contributed by atoms with Crippen molar-refractivity contribution in [3.8, 4) is 5.75 Å². The van der Waals surface area contributed by atoms with Crippen molar-refractivity contribution in [2.24, 2.45) is 0 Å². The lowest BCUT2D eigenvalue weighted by Crippen LogP contribution is -1.92. The summed E-state index contributed by atoms with van der Waals surface area (Å²) in [6.45, 7) is 1.79. The minimum absolute atomic E-state index is 0.192. The molecule has 12 heavy (non-hydrogen) atoms. The molecule has 4 heteroatoms. The monoisotopic (exact) mass is 252 g/mol. The minimum Gasteiger partial charge on any atom is -0.492 e. The van der Waals surface area contributed by atoms with Crippen LogP contribution in [0.1, 0.15) is 5.56 Å². The molecule has 0 aliphatic heterocycles. The van der Waals surface area contributed by atoms with Gasteiger partial charge >= 0.3 is 0 Å². The van der Waals surface area contributed by atoms with Crippen molar-refractivity contribution in [1.29, 1.82) is 0 Å². The van der Waals surface area contributed by atoms with Crippen LogP contribution in [0.5, 0.6) is 5.75 Å². The van der Waals surface area contributed by atoms with Crippen molar-refractivity contribution in [2.75, 3.05) is 7.11 Å². The normalized spacial score (nSPS) is 10.1. The Hall–Kier alpha value is -0.280. The molecule has 0 radical (unpaired) electrons. The predicted molar refractivity (Wildman–Crippen MR) is 50.4 cm³/mol. The van der Waals surface area contributed by atoms with Crippen molar-refractivity contribution in [2.45, 2.75) is 6.92 Å². The number of ether oxygens (including phenoxy) is 1. The molecule has 0 aliphatic rings. The third kappa shape index (κ3) is 1.57. The zero-order chi connectivity index (χ0) is 9.30. The van der Waals surface area contributed by atoms with Crippen LogP contribution in [-0.2, 0) is 0 Å². The third-order valence-electron chi connectivity index (χ3n) is 1.56. The molecule has 1 nitrogen and oxygen atoms in total. The Morgan fingerprint density at radius 2 is 2.17 bits per heavy atom. The smallest absolute Gasteiger partial charge is 0.169 e. The van der Waals surface area contributed by atoms with E-state index in [-0.39, 0.29) is 5.75 Å².